The third kappa shape index (κ3) is 3.71. The minimum absolute atomic E-state index is 0.197. The van der Waals surface area contributed by atoms with Gasteiger partial charge in [-0.15, -0.1) is 6.42 Å². The van der Waals surface area contributed by atoms with Gasteiger partial charge in [-0.2, -0.15) is 0 Å². The van der Waals surface area contributed by atoms with Crippen molar-refractivity contribution >= 4 is 34.3 Å². The second-order valence-corrected chi connectivity index (χ2v) is 9.51. The van der Waals surface area contributed by atoms with Gasteiger partial charge in [-0.1, -0.05) is 72.7 Å². The average Bonchev–Trinajstić information content (AvgIpc) is 3.36. The Labute approximate surface area is 212 Å². The van der Waals surface area contributed by atoms with Crippen LogP contribution in [0.4, 0.5) is 0 Å². The van der Waals surface area contributed by atoms with Crippen LogP contribution in [0.15, 0.2) is 75.7 Å². The molecular formula is C29H25N3O3S. The van der Waals surface area contributed by atoms with Crippen LogP contribution in [0.1, 0.15) is 36.2 Å². The number of benzene rings is 2. The van der Waals surface area contributed by atoms with Crippen LogP contribution < -0.4 is 14.9 Å². The third-order valence-electron chi connectivity index (χ3n) is 6.57. The van der Waals surface area contributed by atoms with Gasteiger partial charge in [0.15, 0.2) is 4.80 Å². The smallest absolute Gasteiger partial charge is 0.338 e. The van der Waals surface area contributed by atoms with Crippen LogP contribution in [0.3, 0.4) is 0 Å². The lowest BCUT2D eigenvalue weighted by molar-refractivity contribution is -0.136. The van der Waals surface area contributed by atoms with Crippen LogP contribution >= 0.6 is 11.3 Å². The molecule has 36 heavy (non-hydrogen) atoms. The fourth-order valence-corrected chi connectivity index (χ4v) is 5.88. The Balaban J connectivity index is 1.80. The predicted molar refractivity (Wildman–Crippen MR) is 142 cm³/mol. The van der Waals surface area contributed by atoms with Crippen molar-refractivity contribution in [2.75, 3.05) is 7.11 Å². The molecule has 1 atom stereocenters. The summed E-state index contributed by atoms with van der Waals surface area (Å²) < 4.78 is 9.37. The van der Waals surface area contributed by atoms with Crippen LogP contribution in [0.2, 0.25) is 0 Å². The molecule has 1 aliphatic rings. The van der Waals surface area contributed by atoms with Gasteiger partial charge in [-0.05, 0) is 31.1 Å². The number of allylic oxidation sites excluding steroid dienone is 1. The van der Waals surface area contributed by atoms with Crippen LogP contribution in [-0.2, 0) is 16.1 Å². The highest BCUT2D eigenvalue weighted by molar-refractivity contribution is 7.07. The number of rotatable bonds is 5. The number of nitrogens with zero attached hydrogens (tertiary/aromatic N) is 3. The van der Waals surface area contributed by atoms with Crippen molar-refractivity contribution < 1.29 is 9.53 Å². The van der Waals surface area contributed by atoms with E-state index in [1.807, 2.05) is 74.5 Å². The van der Waals surface area contributed by atoms with E-state index in [9.17, 15) is 9.59 Å². The van der Waals surface area contributed by atoms with Crippen molar-refractivity contribution in [1.29, 1.82) is 0 Å². The SMILES string of the molecule is C#CCn1c(C)c(/C=c2/sc3n(c2=O)[C@H](c2ccccc2)C(C(=O)OC)=C(CC)N=3)c2ccccc21. The molecule has 0 saturated carbocycles. The van der Waals surface area contributed by atoms with Crippen molar-refractivity contribution in [1.82, 2.24) is 9.13 Å². The first kappa shape index (κ1) is 23.6. The van der Waals surface area contributed by atoms with E-state index in [1.54, 1.807) is 4.57 Å². The molecule has 2 aromatic carbocycles. The third-order valence-corrected chi connectivity index (χ3v) is 7.55. The molecule has 0 spiro atoms. The molecule has 180 valence electrons. The van der Waals surface area contributed by atoms with E-state index in [1.165, 1.54) is 18.4 Å². The fourth-order valence-electron chi connectivity index (χ4n) is 4.88. The molecular weight excluding hydrogens is 470 g/mol. The molecule has 0 fully saturated rings. The zero-order valence-electron chi connectivity index (χ0n) is 20.3. The van der Waals surface area contributed by atoms with Crippen LogP contribution in [-0.4, -0.2) is 22.2 Å². The Bertz CT molecular complexity index is 1750. The molecule has 0 saturated heterocycles. The summed E-state index contributed by atoms with van der Waals surface area (Å²) in [7, 11) is 1.35. The van der Waals surface area contributed by atoms with E-state index >= 15 is 0 Å². The maximum Gasteiger partial charge on any atom is 0.338 e. The Morgan fingerprint density at radius 2 is 1.92 bits per heavy atom. The van der Waals surface area contributed by atoms with Crippen LogP contribution in [0.25, 0.3) is 17.0 Å². The molecule has 0 amide bonds. The summed E-state index contributed by atoms with van der Waals surface area (Å²) >= 11 is 1.33. The van der Waals surface area contributed by atoms with E-state index in [0.29, 0.717) is 33.6 Å². The number of fused-ring (bicyclic) bond motifs is 2. The Morgan fingerprint density at radius 1 is 1.19 bits per heavy atom. The maximum absolute atomic E-state index is 13.9. The zero-order chi connectivity index (χ0) is 25.4. The van der Waals surface area contributed by atoms with Gasteiger partial charge in [0, 0.05) is 22.2 Å². The first-order valence-electron chi connectivity index (χ1n) is 11.7. The van der Waals surface area contributed by atoms with Crippen molar-refractivity contribution in [2.45, 2.75) is 32.9 Å². The molecule has 0 aliphatic carbocycles. The number of thiazole rings is 1. The van der Waals surface area contributed by atoms with Crippen molar-refractivity contribution in [2.24, 2.45) is 4.99 Å². The van der Waals surface area contributed by atoms with Gasteiger partial charge in [0.05, 0.1) is 35.5 Å². The van der Waals surface area contributed by atoms with Gasteiger partial charge < -0.3 is 9.30 Å². The Kier molecular flexibility index (Phi) is 6.21. The number of hydrogen-bond donors (Lipinski definition) is 0. The lowest BCUT2D eigenvalue weighted by Crippen LogP contribution is -2.40. The number of methoxy groups -OCH3 is 1. The summed E-state index contributed by atoms with van der Waals surface area (Å²) in [4.78, 5) is 32.1. The molecule has 3 heterocycles. The average molecular weight is 496 g/mol. The molecule has 2 aromatic heterocycles. The predicted octanol–water partition coefficient (Wildman–Crippen LogP) is 3.69. The summed E-state index contributed by atoms with van der Waals surface area (Å²) in [6, 6.07) is 17.0. The minimum atomic E-state index is -0.615. The van der Waals surface area contributed by atoms with E-state index in [0.717, 1.165) is 27.7 Å². The fraction of sp³-hybridized carbons (Fsp3) is 0.207. The van der Waals surface area contributed by atoms with Gasteiger partial charge in [0.2, 0.25) is 0 Å². The highest BCUT2D eigenvalue weighted by Gasteiger charge is 2.33. The molecule has 0 radical (unpaired) electrons. The minimum Gasteiger partial charge on any atom is -0.466 e. The molecule has 7 heteroatoms. The molecule has 1 aliphatic heterocycles. The van der Waals surface area contributed by atoms with E-state index in [2.05, 4.69) is 10.5 Å². The zero-order valence-corrected chi connectivity index (χ0v) is 21.1. The number of terminal acetylenes is 1. The first-order valence-corrected chi connectivity index (χ1v) is 12.5. The van der Waals surface area contributed by atoms with Crippen molar-refractivity contribution in [3.8, 4) is 12.3 Å². The monoisotopic (exact) mass is 495 g/mol. The summed E-state index contributed by atoms with van der Waals surface area (Å²) in [6.45, 7) is 4.40. The van der Waals surface area contributed by atoms with E-state index in [4.69, 9.17) is 16.2 Å². The first-order chi connectivity index (χ1) is 17.5. The highest BCUT2D eigenvalue weighted by atomic mass is 32.1. The number of hydrogen-bond acceptors (Lipinski definition) is 5. The quantitative estimate of drug-likeness (QED) is 0.313. The van der Waals surface area contributed by atoms with Gasteiger partial charge in [0.1, 0.15) is 0 Å². The van der Waals surface area contributed by atoms with Gasteiger partial charge >= 0.3 is 5.97 Å². The lowest BCUT2D eigenvalue weighted by atomic mass is 9.95. The molecule has 6 nitrogen and oxygen atoms in total. The highest BCUT2D eigenvalue weighted by Crippen LogP contribution is 2.32. The number of aromatic nitrogens is 2. The Morgan fingerprint density at radius 3 is 2.61 bits per heavy atom. The van der Waals surface area contributed by atoms with E-state index in [-0.39, 0.29) is 5.56 Å². The van der Waals surface area contributed by atoms with Crippen LogP contribution in [0.5, 0.6) is 0 Å². The molecule has 0 N–H and O–H groups in total. The molecule has 4 aromatic rings. The molecule has 0 unspecified atom stereocenters. The summed E-state index contributed by atoms with van der Waals surface area (Å²) in [5, 5.41) is 1.03. The standard InChI is InChI=1S/C29H25N3O3S/c1-5-16-31-18(3)21(20-14-10-11-15-23(20)31)17-24-27(33)32-26(19-12-8-7-9-13-19)25(28(34)35-4)22(6-2)30-29(32)36-24/h1,7-15,17,26H,6,16H2,2-4H3/b24-17+/t26-/m1/s1. The second kappa shape index (κ2) is 9.48. The van der Waals surface area contributed by atoms with Crippen LogP contribution in [0, 0.1) is 19.3 Å². The van der Waals surface area contributed by atoms with E-state index < -0.39 is 12.0 Å². The summed E-state index contributed by atoms with van der Waals surface area (Å²) in [6.07, 6.45) is 8.09. The largest absolute Gasteiger partial charge is 0.466 e. The lowest BCUT2D eigenvalue weighted by Gasteiger charge is -2.25. The Hall–Kier alpha value is -4.15. The summed E-state index contributed by atoms with van der Waals surface area (Å²) in [5.74, 6) is 2.24. The van der Waals surface area contributed by atoms with Crippen molar-refractivity contribution in [3.63, 3.8) is 0 Å². The maximum atomic E-state index is 13.9. The normalized spacial score (nSPS) is 15.5. The summed E-state index contributed by atoms with van der Waals surface area (Å²) in [5.41, 5.74) is 4.62. The van der Waals surface area contributed by atoms with Gasteiger partial charge in [-0.3, -0.25) is 9.36 Å². The number of para-hydroxylation sites is 1. The second-order valence-electron chi connectivity index (χ2n) is 8.51. The molecule has 5 rings (SSSR count). The topological polar surface area (TPSA) is 65.6 Å². The number of ether oxygens (including phenoxy) is 1. The number of esters is 1. The van der Waals surface area contributed by atoms with Gasteiger partial charge in [0.25, 0.3) is 5.56 Å². The molecule has 0 bridgehead atoms. The number of carbonyl (C=O) groups is 1. The van der Waals surface area contributed by atoms with Crippen molar-refractivity contribution in [3.05, 3.63) is 102 Å². The number of carbonyl (C=O) groups excluding carboxylic acids is 1. The van der Waals surface area contributed by atoms with Gasteiger partial charge in [-0.25, -0.2) is 9.79 Å².